The number of hydrogen-bond donors (Lipinski definition) is 2. The zero-order valence-corrected chi connectivity index (χ0v) is 16.5. The number of carbonyl (C=O) groups is 3. The van der Waals surface area contributed by atoms with E-state index in [0.717, 1.165) is 22.0 Å². The zero-order valence-electron chi connectivity index (χ0n) is 14.8. The van der Waals surface area contributed by atoms with E-state index in [1.54, 1.807) is 25.1 Å². The minimum Gasteiger partial charge on any atom is -0.481 e. The van der Waals surface area contributed by atoms with Crippen molar-refractivity contribution in [1.82, 2.24) is 4.90 Å². The summed E-state index contributed by atoms with van der Waals surface area (Å²) in [5, 5.41) is 19.6. The summed E-state index contributed by atoms with van der Waals surface area (Å²) < 4.78 is 5.83. The Morgan fingerprint density at radius 1 is 1.29 bits per heavy atom. The number of aliphatic carboxylic acids is 2. The summed E-state index contributed by atoms with van der Waals surface area (Å²) in [4.78, 5) is 37.3. The number of carboxylic acids is 2. The average molecular weight is 419 g/mol. The first-order valence-corrected chi connectivity index (χ1v) is 9.77. The third-order valence-electron chi connectivity index (χ3n) is 4.37. The van der Waals surface area contributed by atoms with Crippen molar-refractivity contribution in [3.8, 4) is 0 Å². The van der Waals surface area contributed by atoms with Gasteiger partial charge in [0.15, 0.2) is 5.92 Å². The molecule has 1 saturated heterocycles. The lowest BCUT2D eigenvalue weighted by atomic mass is 9.94. The molecule has 146 valence electrons. The monoisotopic (exact) mass is 419 g/mol. The summed E-state index contributed by atoms with van der Waals surface area (Å²) in [5.74, 6) is -4.81. The lowest BCUT2D eigenvalue weighted by Crippen LogP contribution is -2.48. The lowest BCUT2D eigenvalue weighted by Gasteiger charge is -2.29. The van der Waals surface area contributed by atoms with E-state index < -0.39 is 29.8 Å². The highest BCUT2D eigenvalue weighted by atomic mass is 32.2. The molecule has 0 aliphatic carbocycles. The Kier molecular flexibility index (Phi) is 5.85. The van der Waals surface area contributed by atoms with E-state index in [4.69, 9.17) is 16.6 Å². The minimum atomic E-state index is -1.76. The van der Waals surface area contributed by atoms with Crippen LogP contribution in [0, 0.1) is 5.92 Å². The maximum Gasteiger partial charge on any atom is 0.320 e. The molecular weight excluding hydrogens is 402 g/mol. The summed E-state index contributed by atoms with van der Waals surface area (Å²) >= 11 is 6.27. The topological polar surface area (TPSA) is 108 Å². The van der Waals surface area contributed by atoms with E-state index in [1.807, 2.05) is 18.2 Å². The van der Waals surface area contributed by atoms with Crippen molar-refractivity contribution in [2.45, 2.75) is 25.8 Å². The molecule has 28 heavy (non-hydrogen) atoms. The molecule has 1 atom stereocenters. The Labute approximate surface area is 170 Å². The normalized spacial score (nSPS) is 17.1. The van der Waals surface area contributed by atoms with Crippen LogP contribution in [0.5, 0.6) is 0 Å². The lowest BCUT2D eigenvalue weighted by molar-refractivity contribution is -0.157. The molecule has 0 spiro atoms. The number of hydrogen-bond acceptors (Lipinski definition) is 6. The maximum atomic E-state index is 12.9. The van der Waals surface area contributed by atoms with Crippen LogP contribution in [0.4, 0.5) is 0 Å². The number of benzene rings is 1. The minimum absolute atomic E-state index is 0.137. The maximum absolute atomic E-state index is 12.9. The zero-order chi connectivity index (χ0) is 20.4. The van der Waals surface area contributed by atoms with Gasteiger partial charge in [-0.3, -0.25) is 19.3 Å². The quantitative estimate of drug-likeness (QED) is 0.398. The molecule has 0 radical (unpaired) electrons. The first kappa shape index (κ1) is 20.1. The molecule has 1 unspecified atom stereocenters. The van der Waals surface area contributed by atoms with E-state index in [9.17, 15) is 24.6 Å². The van der Waals surface area contributed by atoms with Crippen molar-refractivity contribution < 1.29 is 29.0 Å². The van der Waals surface area contributed by atoms with Crippen molar-refractivity contribution >= 4 is 63.2 Å². The highest BCUT2D eigenvalue weighted by molar-refractivity contribution is 8.26. The van der Waals surface area contributed by atoms with Gasteiger partial charge in [-0.1, -0.05) is 55.5 Å². The van der Waals surface area contributed by atoms with Crippen molar-refractivity contribution in [2.75, 3.05) is 0 Å². The number of nitrogens with zero attached hydrogens (tertiary/aromatic N) is 1. The van der Waals surface area contributed by atoms with Crippen LogP contribution in [0.2, 0.25) is 0 Å². The second kappa shape index (κ2) is 8.15. The second-order valence-electron chi connectivity index (χ2n) is 6.25. The van der Waals surface area contributed by atoms with E-state index in [0.29, 0.717) is 17.8 Å². The molecule has 2 aromatic rings. The van der Waals surface area contributed by atoms with Gasteiger partial charge in [0.1, 0.15) is 15.7 Å². The van der Waals surface area contributed by atoms with Crippen LogP contribution in [0.3, 0.4) is 0 Å². The van der Waals surface area contributed by atoms with Crippen LogP contribution in [0.1, 0.15) is 25.5 Å². The Bertz CT molecular complexity index is 948. The number of carbonyl (C=O) groups excluding carboxylic acids is 1. The predicted octanol–water partition coefficient (Wildman–Crippen LogP) is 3.59. The number of amides is 1. The van der Waals surface area contributed by atoms with Crippen molar-refractivity contribution in [2.24, 2.45) is 5.92 Å². The van der Waals surface area contributed by atoms with Crippen LogP contribution >= 0.6 is 24.0 Å². The van der Waals surface area contributed by atoms with E-state index in [2.05, 4.69) is 0 Å². The summed E-state index contributed by atoms with van der Waals surface area (Å²) in [6.45, 7) is 1.79. The van der Waals surface area contributed by atoms with Crippen molar-refractivity contribution in [1.29, 1.82) is 0 Å². The number of thioether (sulfide) groups is 1. The number of para-hydroxylation sites is 1. The number of rotatable bonds is 7. The summed E-state index contributed by atoms with van der Waals surface area (Å²) in [5.41, 5.74) is 0.671. The van der Waals surface area contributed by atoms with Gasteiger partial charge in [0, 0.05) is 11.5 Å². The van der Waals surface area contributed by atoms with Crippen molar-refractivity contribution in [3.05, 3.63) is 41.0 Å². The summed E-state index contributed by atoms with van der Waals surface area (Å²) in [7, 11) is 0. The smallest absolute Gasteiger partial charge is 0.320 e. The fourth-order valence-corrected chi connectivity index (χ4v) is 4.50. The molecule has 1 aliphatic heterocycles. The highest BCUT2D eigenvalue weighted by Crippen LogP contribution is 2.37. The number of carboxylic acid groups (broad SMARTS) is 2. The third-order valence-corrected chi connectivity index (χ3v) is 5.70. The summed E-state index contributed by atoms with van der Waals surface area (Å²) in [6.07, 6.45) is 2.24. The Morgan fingerprint density at radius 2 is 1.96 bits per heavy atom. The van der Waals surface area contributed by atoms with Gasteiger partial charge in [0.25, 0.3) is 5.91 Å². The second-order valence-corrected chi connectivity index (χ2v) is 7.92. The van der Waals surface area contributed by atoms with Gasteiger partial charge in [-0.25, -0.2) is 0 Å². The van der Waals surface area contributed by atoms with Crippen LogP contribution in [0.15, 0.2) is 39.7 Å². The van der Waals surface area contributed by atoms with Gasteiger partial charge >= 0.3 is 11.9 Å². The van der Waals surface area contributed by atoms with Crippen LogP contribution in [-0.4, -0.2) is 43.3 Å². The highest BCUT2D eigenvalue weighted by Gasteiger charge is 2.45. The molecule has 2 heterocycles. The van der Waals surface area contributed by atoms with Crippen LogP contribution in [0.25, 0.3) is 17.0 Å². The Balaban J connectivity index is 1.94. The fraction of sp³-hybridized carbons (Fsp3) is 0.263. The van der Waals surface area contributed by atoms with Crippen molar-refractivity contribution in [3.63, 3.8) is 0 Å². The van der Waals surface area contributed by atoms with Crippen LogP contribution < -0.4 is 0 Å². The molecule has 1 amide bonds. The van der Waals surface area contributed by atoms with E-state index >= 15 is 0 Å². The van der Waals surface area contributed by atoms with Gasteiger partial charge in [-0.15, -0.1) is 0 Å². The van der Waals surface area contributed by atoms with Gasteiger partial charge in [-0.2, -0.15) is 0 Å². The Hall–Kier alpha value is -2.65. The Morgan fingerprint density at radius 3 is 2.57 bits per heavy atom. The average Bonchev–Trinajstić information content (AvgIpc) is 3.14. The molecule has 2 N–H and O–H groups in total. The van der Waals surface area contributed by atoms with Gasteiger partial charge in [0.2, 0.25) is 0 Å². The molecule has 0 bridgehead atoms. The van der Waals surface area contributed by atoms with Gasteiger partial charge in [-0.05, 0) is 18.6 Å². The third kappa shape index (κ3) is 3.81. The molecule has 1 fully saturated rings. The summed E-state index contributed by atoms with van der Waals surface area (Å²) in [6, 6.07) is 8.11. The molecule has 0 saturated carbocycles. The molecular formula is C19H17NO6S2. The first-order valence-electron chi connectivity index (χ1n) is 8.54. The first-order chi connectivity index (χ1) is 13.3. The molecule has 1 aliphatic rings. The molecule has 7 nitrogen and oxygen atoms in total. The number of thiocarbonyl (C=S) groups is 1. The van der Waals surface area contributed by atoms with E-state index in [-0.39, 0.29) is 15.6 Å². The predicted molar refractivity (Wildman–Crippen MR) is 109 cm³/mol. The standard InChI is InChI=1S/C19H17NO6S2/c1-2-5-12(15(17(22)23)18(24)25)20-16(21)14(28-19(20)27)9-11-8-10-6-3-4-7-13(10)26-11/h3-4,6-9,12,15H,2,5H2,1H3,(H,22,23)(H,24,25). The largest absolute Gasteiger partial charge is 0.481 e. The molecule has 9 heteroatoms. The number of furan rings is 1. The van der Waals surface area contributed by atoms with E-state index in [1.165, 1.54) is 0 Å². The molecule has 1 aromatic heterocycles. The SMILES string of the molecule is CCCC(C(C(=O)O)C(=O)O)N1C(=O)C(=Cc2cc3ccccc3o2)SC1=S. The van der Waals surface area contributed by atoms with Gasteiger partial charge in [0.05, 0.1) is 10.9 Å². The molecule has 3 rings (SSSR count). The molecule has 1 aromatic carbocycles. The van der Waals surface area contributed by atoms with Gasteiger partial charge < -0.3 is 14.6 Å². The fourth-order valence-electron chi connectivity index (χ4n) is 3.14. The van der Waals surface area contributed by atoms with Crippen LogP contribution in [-0.2, 0) is 14.4 Å². The number of fused-ring (bicyclic) bond motifs is 1.